The predicted octanol–water partition coefficient (Wildman–Crippen LogP) is 3.26. The van der Waals surface area contributed by atoms with Gasteiger partial charge >= 0.3 is 0 Å². The maximum atomic E-state index is 5.79. The maximum absolute atomic E-state index is 5.79. The summed E-state index contributed by atoms with van der Waals surface area (Å²) < 4.78 is 0. The van der Waals surface area contributed by atoms with E-state index >= 15 is 0 Å². The van der Waals surface area contributed by atoms with Crippen LogP contribution in [0.15, 0.2) is 17.3 Å². The van der Waals surface area contributed by atoms with Gasteiger partial charge in [0.1, 0.15) is 5.15 Å². The van der Waals surface area contributed by atoms with E-state index in [0.717, 1.165) is 29.7 Å². The van der Waals surface area contributed by atoms with Crippen LogP contribution in [0.3, 0.4) is 0 Å². The fourth-order valence-corrected chi connectivity index (χ4v) is 1.64. The summed E-state index contributed by atoms with van der Waals surface area (Å²) in [5.74, 6) is 0. The Bertz CT molecular complexity index is 345. The highest BCUT2D eigenvalue weighted by atomic mass is 35.5. The average molecular weight is 211 g/mol. The van der Waals surface area contributed by atoms with Crippen LogP contribution in [0, 0.1) is 6.92 Å². The van der Waals surface area contributed by atoms with Crippen LogP contribution < -0.4 is 0 Å². The molecule has 0 aliphatic carbocycles. The normalized spacial score (nSPS) is 11.9. The Morgan fingerprint density at radius 2 is 2.29 bits per heavy atom. The smallest absolute Gasteiger partial charge is 0.129 e. The number of pyridine rings is 1. The second kappa shape index (κ2) is 5.11. The molecule has 0 N–H and O–H groups in total. The molecule has 0 radical (unpaired) electrons. The molecule has 1 heterocycles. The Morgan fingerprint density at radius 3 is 2.79 bits per heavy atom. The molecule has 0 aliphatic rings. The van der Waals surface area contributed by atoms with Gasteiger partial charge in [0.05, 0.1) is 0 Å². The summed E-state index contributed by atoms with van der Waals surface area (Å²) in [4.78, 5) is 8.35. The van der Waals surface area contributed by atoms with Gasteiger partial charge in [-0.15, -0.1) is 0 Å². The molecule has 0 atom stereocenters. The lowest BCUT2D eigenvalue weighted by molar-refractivity contribution is 0.986. The number of aryl methyl sites for hydroxylation is 1. The minimum absolute atomic E-state index is 0.540. The standard InChI is InChI=1S/C11H15ClN2/c1-4-5-10(13-3)9-7-14-11(12)6-8(9)2/h6-7H,4-5H2,1-3H3. The Kier molecular flexibility index (Phi) is 4.08. The van der Waals surface area contributed by atoms with Crippen LogP contribution in [0.1, 0.15) is 30.9 Å². The molecular formula is C11H15ClN2. The van der Waals surface area contributed by atoms with Gasteiger partial charge in [0, 0.05) is 24.5 Å². The number of nitrogens with zero attached hydrogens (tertiary/aromatic N) is 2. The molecule has 0 amide bonds. The van der Waals surface area contributed by atoms with E-state index < -0.39 is 0 Å². The van der Waals surface area contributed by atoms with Crippen molar-refractivity contribution in [1.82, 2.24) is 4.98 Å². The lowest BCUT2D eigenvalue weighted by atomic mass is 10.0. The van der Waals surface area contributed by atoms with E-state index in [4.69, 9.17) is 11.6 Å². The van der Waals surface area contributed by atoms with Crippen molar-refractivity contribution in [3.63, 3.8) is 0 Å². The highest BCUT2D eigenvalue weighted by Gasteiger charge is 2.06. The molecule has 1 aromatic rings. The third-order valence-electron chi connectivity index (χ3n) is 2.15. The lowest BCUT2D eigenvalue weighted by Crippen LogP contribution is -2.03. The van der Waals surface area contributed by atoms with Crippen LogP contribution in [0.2, 0.25) is 5.15 Å². The number of aromatic nitrogens is 1. The minimum atomic E-state index is 0.540. The first-order chi connectivity index (χ1) is 6.69. The Labute approximate surface area is 90.0 Å². The van der Waals surface area contributed by atoms with E-state index in [1.165, 1.54) is 0 Å². The van der Waals surface area contributed by atoms with Crippen LogP contribution >= 0.6 is 11.6 Å². The van der Waals surface area contributed by atoms with Crippen molar-refractivity contribution in [3.05, 3.63) is 28.5 Å². The lowest BCUT2D eigenvalue weighted by Gasteiger charge is -2.07. The van der Waals surface area contributed by atoms with Crippen molar-refractivity contribution in [1.29, 1.82) is 0 Å². The first kappa shape index (κ1) is 11.2. The molecule has 14 heavy (non-hydrogen) atoms. The topological polar surface area (TPSA) is 25.2 Å². The summed E-state index contributed by atoms with van der Waals surface area (Å²) in [7, 11) is 1.82. The van der Waals surface area contributed by atoms with Crippen molar-refractivity contribution in [2.75, 3.05) is 7.05 Å². The molecule has 0 saturated heterocycles. The molecule has 0 saturated carbocycles. The molecule has 0 aromatic carbocycles. The fourth-order valence-electron chi connectivity index (χ4n) is 1.43. The molecule has 0 fully saturated rings. The molecule has 2 nitrogen and oxygen atoms in total. The zero-order valence-electron chi connectivity index (χ0n) is 8.84. The Hall–Kier alpha value is -0.890. The third-order valence-corrected chi connectivity index (χ3v) is 2.35. The van der Waals surface area contributed by atoms with Crippen LogP contribution in [-0.2, 0) is 0 Å². The van der Waals surface area contributed by atoms with Gasteiger partial charge in [-0.05, 0) is 25.0 Å². The molecule has 0 bridgehead atoms. The van der Waals surface area contributed by atoms with Crippen molar-refractivity contribution in [2.24, 2.45) is 4.99 Å². The summed E-state index contributed by atoms with van der Waals surface area (Å²) in [6.45, 7) is 4.17. The summed E-state index contributed by atoms with van der Waals surface area (Å²) in [6.07, 6.45) is 3.88. The second-order valence-electron chi connectivity index (χ2n) is 3.24. The van der Waals surface area contributed by atoms with Gasteiger partial charge in [0.2, 0.25) is 0 Å². The summed E-state index contributed by atoms with van der Waals surface area (Å²) in [5, 5.41) is 0.540. The van der Waals surface area contributed by atoms with Crippen LogP contribution in [0.25, 0.3) is 0 Å². The van der Waals surface area contributed by atoms with Gasteiger partial charge in [-0.3, -0.25) is 4.99 Å². The van der Waals surface area contributed by atoms with Gasteiger partial charge in [0.25, 0.3) is 0 Å². The first-order valence-electron chi connectivity index (χ1n) is 4.77. The van der Waals surface area contributed by atoms with E-state index in [2.05, 4.69) is 16.9 Å². The van der Waals surface area contributed by atoms with Crippen LogP contribution in [-0.4, -0.2) is 17.7 Å². The monoisotopic (exact) mass is 210 g/mol. The number of rotatable bonds is 3. The van der Waals surface area contributed by atoms with Gasteiger partial charge in [-0.2, -0.15) is 0 Å². The van der Waals surface area contributed by atoms with Gasteiger partial charge in [0.15, 0.2) is 0 Å². The quantitative estimate of drug-likeness (QED) is 0.555. The van der Waals surface area contributed by atoms with E-state index in [9.17, 15) is 0 Å². The van der Waals surface area contributed by atoms with Gasteiger partial charge in [-0.1, -0.05) is 24.9 Å². The van der Waals surface area contributed by atoms with Gasteiger partial charge < -0.3 is 0 Å². The molecule has 76 valence electrons. The molecule has 1 rings (SSSR count). The van der Waals surface area contributed by atoms with Crippen molar-refractivity contribution < 1.29 is 0 Å². The number of hydrogen-bond donors (Lipinski definition) is 0. The molecule has 1 aromatic heterocycles. The average Bonchev–Trinajstić information content (AvgIpc) is 2.15. The van der Waals surface area contributed by atoms with Crippen LogP contribution in [0.5, 0.6) is 0 Å². The highest BCUT2D eigenvalue weighted by molar-refractivity contribution is 6.29. The fraction of sp³-hybridized carbons (Fsp3) is 0.455. The third kappa shape index (κ3) is 2.55. The van der Waals surface area contributed by atoms with E-state index in [-0.39, 0.29) is 0 Å². The summed E-state index contributed by atoms with van der Waals surface area (Å²) >= 11 is 5.79. The first-order valence-corrected chi connectivity index (χ1v) is 5.15. The molecular weight excluding hydrogens is 196 g/mol. The number of halogens is 1. The van der Waals surface area contributed by atoms with E-state index in [0.29, 0.717) is 5.15 Å². The predicted molar refractivity (Wildman–Crippen MR) is 61.4 cm³/mol. The number of aliphatic imine (C=N–C) groups is 1. The van der Waals surface area contributed by atoms with Crippen molar-refractivity contribution in [3.8, 4) is 0 Å². The van der Waals surface area contributed by atoms with Crippen LogP contribution in [0.4, 0.5) is 0 Å². The van der Waals surface area contributed by atoms with Crippen molar-refractivity contribution in [2.45, 2.75) is 26.7 Å². The molecule has 0 unspecified atom stereocenters. The van der Waals surface area contributed by atoms with Crippen molar-refractivity contribution >= 4 is 17.3 Å². The summed E-state index contributed by atoms with van der Waals surface area (Å²) in [5.41, 5.74) is 3.35. The van der Waals surface area contributed by atoms with Gasteiger partial charge in [-0.25, -0.2) is 4.98 Å². The van der Waals surface area contributed by atoms with E-state index in [1.807, 2.05) is 20.0 Å². The Morgan fingerprint density at radius 1 is 1.57 bits per heavy atom. The SMILES string of the molecule is CCCC(=NC)c1cnc(Cl)cc1C. The highest BCUT2D eigenvalue weighted by Crippen LogP contribution is 2.15. The maximum Gasteiger partial charge on any atom is 0.129 e. The Balaban J connectivity index is 3.05. The minimum Gasteiger partial charge on any atom is -0.292 e. The molecule has 0 spiro atoms. The second-order valence-corrected chi connectivity index (χ2v) is 3.63. The largest absolute Gasteiger partial charge is 0.292 e. The zero-order valence-corrected chi connectivity index (χ0v) is 9.60. The molecule has 3 heteroatoms. The van der Waals surface area contributed by atoms with E-state index in [1.54, 1.807) is 6.20 Å². The summed E-state index contributed by atoms with van der Waals surface area (Å²) in [6, 6.07) is 1.87. The zero-order chi connectivity index (χ0) is 10.6. The number of hydrogen-bond acceptors (Lipinski definition) is 2. The molecule has 0 aliphatic heterocycles.